The third-order valence-corrected chi connectivity index (χ3v) is 4.29. The third kappa shape index (κ3) is 2.42. The molecule has 2 heterocycles. The highest BCUT2D eigenvalue weighted by atomic mass is 16.5. The van der Waals surface area contributed by atoms with Gasteiger partial charge in [0, 0.05) is 5.56 Å². The Morgan fingerprint density at radius 2 is 1.68 bits per heavy atom. The lowest BCUT2D eigenvalue weighted by atomic mass is 10.1. The number of imide groups is 1. The average molecular weight is 333 g/mol. The maximum absolute atomic E-state index is 12.6. The summed E-state index contributed by atoms with van der Waals surface area (Å²) in [5.41, 5.74) is 2.71. The van der Waals surface area contributed by atoms with Crippen molar-refractivity contribution in [3.63, 3.8) is 0 Å². The Kier molecular flexibility index (Phi) is 3.46. The number of amides is 2. The Labute approximate surface area is 144 Å². The molecule has 0 aliphatic carbocycles. The zero-order valence-electron chi connectivity index (χ0n) is 13.8. The fourth-order valence-electron chi connectivity index (χ4n) is 2.98. The summed E-state index contributed by atoms with van der Waals surface area (Å²) in [6.07, 6.45) is 0. The fraction of sp³-hybridized carbons (Fsp3) is 0.158. The summed E-state index contributed by atoms with van der Waals surface area (Å²) in [7, 11) is 0. The molecule has 2 aromatic carbocycles. The minimum atomic E-state index is -0.640. The molecular formula is C19H15N3O3. The van der Waals surface area contributed by atoms with Gasteiger partial charge in [-0.3, -0.25) is 14.5 Å². The number of carbonyl (C=O) groups is 2. The van der Waals surface area contributed by atoms with E-state index < -0.39 is 6.04 Å². The monoisotopic (exact) mass is 333 g/mol. The Bertz CT molecular complexity index is 958. The molecule has 0 spiro atoms. The molecule has 6 heteroatoms. The van der Waals surface area contributed by atoms with Crippen LogP contribution in [0.3, 0.4) is 0 Å². The van der Waals surface area contributed by atoms with Gasteiger partial charge in [0.2, 0.25) is 11.7 Å². The Hall–Kier alpha value is -3.28. The lowest BCUT2D eigenvalue weighted by Crippen LogP contribution is -2.32. The zero-order chi connectivity index (χ0) is 17.6. The molecule has 2 amide bonds. The van der Waals surface area contributed by atoms with Gasteiger partial charge in [0.15, 0.2) is 0 Å². The van der Waals surface area contributed by atoms with Crippen molar-refractivity contribution >= 4 is 11.8 Å². The summed E-state index contributed by atoms with van der Waals surface area (Å²) in [4.78, 5) is 30.7. The van der Waals surface area contributed by atoms with Crippen LogP contribution < -0.4 is 0 Å². The zero-order valence-corrected chi connectivity index (χ0v) is 13.8. The van der Waals surface area contributed by atoms with Crippen molar-refractivity contribution in [2.45, 2.75) is 19.9 Å². The van der Waals surface area contributed by atoms with Gasteiger partial charge in [-0.25, -0.2) is 0 Å². The number of fused-ring (bicyclic) bond motifs is 1. The van der Waals surface area contributed by atoms with E-state index in [1.54, 1.807) is 31.2 Å². The molecule has 25 heavy (non-hydrogen) atoms. The number of aromatic nitrogens is 2. The van der Waals surface area contributed by atoms with E-state index >= 15 is 0 Å². The van der Waals surface area contributed by atoms with Crippen LogP contribution in [0.2, 0.25) is 0 Å². The normalized spacial score (nSPS) is 14.7. The predicted molar refractivity (Wildman–Crippen MR) is 89.8 cm³/mol. The second kappa shape index (κ2) is 5.66. The summed E-state index contributed by atoms with van der Waals surface area (Å²) in [5, 5.41) is 3.98. The standard InChI is InChI=1S/C19H15N3O3/c1-11-6-5-7-13(10-11)16-20-17(25-21-16)12(2)22-18(23)14-8-3-4-9-15(14)19(22)24/h3-10,12H,1-2H3/t12-/m0/s1. The van der Waals surface area contributed by atoms with Crippen LogP contribution in [0.5, 0.6) is 0 Å². The highest BCUT2D eigenvalue weighted by Crippen LogP contribution is 2.31. The van der Waals surface area contributed by atoms with E-state index in [2.05, 4.69) is 10.1 Å². The maximum Gasteiger partial charge on any atom is 0.262 e. The van der Waals surface area contributed by atoms with Gasteiger partial charge in [-0.05, 0) is 32.0 Å². The number of carbonyl (C=O) groups excluding carboxylic acids is 2. The van der Waals surface area contributed by atoms with Gasteiger partial charge in [0.1, 0.15) is 6.04 Å². The van der Waals surface area contributed by atoms with Gasteiger partial charge < -0.3 is 4.52 Å². The Morgan fingerprint density at radius 1 is 1.00 bits per heavy atom. The minimum absolute atomic E-state index is 0.228. The van der Waals surface area contributed by atoms with Crippen LogP contribution in [0, 0.1) is 6.92 Å². The van der Waals surface area contributed by atoms with Gasteiger partial charge in [-0.1, -0.05) is 41.1 Å². The molecule has 1 aliphatic rings. The van der Waals surface area contributed by atoms with Crippen molar-refractivity contribution in [2.24, 2.45) is 0 Å². The first-order valence-electron chi connectivity index (χ1n) is 7.94. The SMILES string of the molecule is Cc1cccc(-c2noc([C@H](C)N3C(=O)c4ccccc4C3=O)n2)c1. The van der Waals surface area contributed by atoms with Crippen LogP contribution in [-0.4, -0.2) is 26.9 Å². The van der Waals surface area contributed by atoms with Gasteiger partial charge in [-0.15, -0.1) is 0 Å². The van der Waals surface area contributed by atoms with E-state index in [0.717, 1.165) is 16.0 Å². The van der Waals surface area contributed by atoms with Crippen LogP contribution >= 0.6 is 0 Å². The van der Waals surface area contributed by atoms with Crippen LogP contribution in [0.15, 0.2) is 53.1 Å². The Morgan fingerprint density at radius 3 is 2.32 bits per heavy atom. The van der Waals surface area contributed by atoms with Gasteiger partial charge in [0.25, 0.3) is 11.8 Å². The van der Waals surface area contributed by atoms with Crippen LogP contribution in [0.25, 0.3) is 11.4 Å². The summed E-state index contributed by atoms with van der Waals surface area (Å²) in [5.74, 6) is -0.0278. The average Bonchev–Trinajstić information content (AvgIpc) is 3.20. The van der Waals surface area contributed by atoms with Crippen molar-refractivity contribution in [1.82, 2.24) is 15.0 Å². The number of aryl methyl sites for hydroxylation is 1. The molecule has 0 unspecified atom stereocenters. The Balaban J connectivity index is 1.66. The highest BCUT2D eigenvalue weighted by molar-refractivity contribution is 6.21. The lowest BCUT2D eigenvalue weighted by molar-refractivity contribution is 0.0568. The topological polar surface area (TPSA) is 76.3 Å². The highest BCUT2D eigenvalue weighted by Gasteiger charge is 2.40. The second-order valence-corrected chi connectivity index (χ2v) is 6.03. The van der Waals surface area contributed by atoms with Gasteiger partial charge >= 0.3 is 0 Å². The maximum atomic E-state index is 12.6. The van der Waals surface area contributed by atoms with Gasteiger partial charge in [0.05, 0.1) is 11.1 Å². The van der Waals surface area contributed by atoms with Crippen molar-refractivity contribution < 1.29 is 14.1 Å². The first-order chi connectivity index (χ1) is 12.1. The first kappa shape index (κ1) is 15.3. The quantitative estimate of drug-likeness (QED) is 0.687. The minimum Gasteiger partial charge on any atom is -0.337 e. The molecule has 0 saturated carbocycles. The summed E-state index contributed by atoms with van der Waals surface area (Å²) >= 11 is 0. The van der Waals surface area contributed by atoms with Crippen molar-refractivity contribution in [3.05, 3.63) is 71.1 Å². The van der Waals surface area contributed by atoms with Crippen molar-refractivity contribution in [1.29, 1.82) is 0 Å². The largest absolute Gasteiger partial charge is 0.337 e. The molecular weight excluding hydrogens is 318 g/mol. The van der Waals surface area contributed by atoms with E-state index in [4.69, 9.17) is 4.52 Å². The van der Waals surface area contributed by atoms with Crippen LogP contribution in [0.1, 0.15) is 45.1 Å². The molecule has 0 N–H and O–H groups in total. The van der Waals surface area contributed by atoms with E-state index in [0.29, 0.717) is 17.0 Å². The lowest BCUT2D eigenvalue weighted by Gasteiger charge is -2.18. The molecule has 124 valence electrons. The molecule has 6 nitrogen and oxygen atoms in total. The van der Waals surface area contributed by atoms with E-state index in [-0.39, 0.29) is 17.7 Å². The van der Waals surface area contributed by atoms with E-state index in [1.165, 1.54) is 0 Å². The molecule has 0 saturated heterocycles. The number of hydrogen-bond donors (Lipinski definition) is 0. The molecule has 0 bridgehead atoms. The predicted octanol–water partition coefficient (Wildman–Crippen LogP) is 3.40. The molecule has 1 aromatic heterocycles. The molecule has 4 rings (SSSR count). The smallest absolute Gasteiger partial charge is 0.262 e. The third-order valence-electron chi connectivity index (χ3n) is 4.29. The first-order valence-corrected chi connectivity index (χ1v) is 7.94. The van der Waals surface area contributed by atoms with Crippen molar-refractivity contribution in [2.75, 3.05) is 0 Å². The molecule has 1 atom stereocenters. The second-order valence-electron chi connectivity index (χ2n) is 6.03. The number of benzene rings is 2. The molecule has 3 aromatic rings. The van der Waals surface area contributed by atoms with Crippen LogP contribution in [0.4, 0.5) is 0 Å². The number of hydrogen-bond acceptors (Lipinski definition) is 5. The van der Waals surface area contributed by atoms with Crippen LogP contribution in [-0.2, 0) is 0 Å². The number of rotatable bonds is 3. The summed E-state index contributed by atoms with van der Waals surface area (Å²) < 4.78 is 5.32. The van der Waals surface area contributed by atoms with Crippen molar-refractivity contribution in [3.8, 4) is 11.4 Å². The summed E-state index contributed by atoms with van der Waals surface area (Å²) in [6, 6.07) is 13.8. The number of nitrogens with zero attached hydrogens (tertiary/aromatic N) is 3. The summed E-state index contributed by atoms with van der Waals surface area (Å²) in [6.45, 7) is 3.68. The molecule has 1 aliphatic heterocycles. The van der Waals surface area contributed by atoms with Gasteiger partial charge in [-0.2, -0.15) is 4.98 Å². The fourth-order valence-corrected chi connectivity index (χ4v) is 2.98. The molecule has 0 fully saturated rings. The molecule has 0 radical (unpaired) electrons. The van der Waals surface area contributed by atoms with E-state index in [1.807, 2.05) is 31.2 Å². The van der Waals surface area contributed by atoms with E-state index in [9.17, 15) is 9.59 Å².